The normalized spacial score (nSPS) is 15.1. The van der Waals surface area contributed by atoms with Crippen LogP contribution in [0.4, 0.5) is 0 Å². The summed E-state index contributed by atoms with van der Waals surface area (Å²) in [5.74, 6) is 0. The molecule has 14 heavy (non-hydrogen) atoms. The largest absolute Gasteiger partial charge is 0.344 e. The van der Waals surface area contributed by atoms with E-state index in [0.717, 1.165) is 0 Å². The van der Waals surface area contributed by atoms with E-state index < -0.39 is 0 Å². The van der Waals surface area contributed by atoms with Crippen LogP contribution in [-0.4, -0.2) is 4.57 Å². The summed E-state index contributed by atoms with van der Waals surface area (Å²) >= 11 is 0. The summed E-state index contributed by atoms with van der Waals surface area (Å²) in [7, 11) is 2.15. The minimum Gasteiger partial charge on any atom is -0.344 e. The fraction of sp³-hybridized carbons (Fsp3) is 0.385. The van der Waals surface area contributed by atoms with Crippen LogP contribution in [-0.2, 0) is 13.5 Å². The Labute approximate surface area is 85.7 Å². The van der Waals surface area contributed by atoms with Gasteiger partial charge in [-0.3, -0.25) is 0 Å². The molecule has 1 heterocycles. The van der Waals surface area contributed by atoms with Gasteiger partial charge in [-0.1, -0.05) is 12.2 Å². The van der Waals surface area contributed by atoms with E-state index in [4.69, 9.17) is 0 Å². The molecule has 0 saturated heterocycles. The zero-order chi connectivity index (χ0) is 10.1. The first kappa shape index (κ1) is 9.32. The van der Waals surface area contributed by atoms with E-state index in [0.29, 0.717) is 0 Å². The van der Waals surface area contributed by atoms with Gasteiger partial charge in [0.1, 0.15) is 0 Å². The van der Waals surface area contributed by atoms with Crippen LogP contribution in [0.3, 0.4) is 0 Å². The Bertz CT molecular complexity index is 405. The molecule has 0 aromatic carbocycles. The number of aromatic nitrogens is 1. The Hall–Kier alpha value is -1.24. The van der Waals surface area contributed by atoms with E-state index in [1.807, 2.05) is 0 Å². The van der Waals surface area contributed by atoms with Crippen LogP contribution < -0.4 is 0 Å². The molecule has 74 valence electrons. The van der Waals surface area contributed by atoms with Gasteiger partial charge >= 0.3 is 0 Å². The molecule has 0 bridgehead atoms. The third-order valence-electron chi connectivity index (χ3n) is 3.03. The molecule has 2 rings (SSSR count). The van der Waals surface area contributed by atoms with Crippen molar-refractivity contribution in [2.24, 2.45) is 7.05 Å². The second-order valence-corrected chi connectivity index (χ2v) is 3.87. The molecule has 1 aromatic rings. The monoisotopic (exact) mass is 187 g/mol. The second kappa shape index (κ2) is 3.49. The van der Waals surface area contributed by atoms with Crippen molar-refractivity contribution in [3.8, 4) is 0 Å². The molecule has 0 radical (unpaired) electrons. The minimum atomic E-state index is 1.19. The quantitative estimate of drug-likeness (QED) is 0.635. The van der Waals surface area contributed by atoms with Crippen molar-refractivity contribution >= 4 is 12.2 Å². The highest BCUT2D eigenvalue weighted by atomic mass is 15.0. The minimum absolute atomic E-state index is 1.19. The van der Waals surface area contributed by atoms with E-state index in [1.165, 1.54) is 35.4 Å². The van der Waals surface area contributed by atoms with Crippen LogP contribution in [0.2, 0.25) is 0 Å². The van der Waals surface area contributed by atoms with Crippen LogP contribution in [0.5, 0.6) is 0 Å². The summed E-state index contributed by atoms with van der Waals surface area (Å²) in [5.41, 5.74) is 5.72. The summed E-state index contributed by atoms with van der Waals surface area (Å²) in [6.07, 6.45) is 11.2. The molecule has 1 aromatic heterocycles. The van der Waals surface area contributed by atoms with E-state index in [2.05, 4.69) is 49.8 Å². The average Bonchev–Trinajstić information content (AvgIpc) is 2.45. The lowest BCUT2D eigenvalue weighted by Gasteiger charge is -2.07. The molecule has 0 unspecified atom stereocenters. The lowest BCUT2D eigenvalue weighted by Crippen LogP contribution is -1.97. The summed E-state index contributed by atoms with van der Waals surface area (Å²) < 4.78 is 2.29. The molecule has 1 heteroatoms. The van der Waals surface area contributed by atoms with Gasteiger partial charge in [0.15, 0.2) is 0 Å². The number of rotatable bonds is 1. The molecular weight excluding hydrogens is 170 g/mol. The molecule has 0 amide bonds. The first-order chi connectivity index (χ1) is 6.75. The summed E-state index contributed by atoms with van der Waals surface area (Å²) in [4.78, 5) is 0. The lowest BCUT2D eigenvalue weighted by molar-refractivity contribution is 0.877. The zero-order valence-corrected chi connectivity index (χ0v) is 9.17. The second-order valence-electron chi connectivity index (χ2n) is 3.87. The Morgan fingerprint density at radius 2 is 2.21 bits per heavy atom. The highest BCUT2D eigenvalue weighted by Gasteiger charge is 2.15. The molecule has 0 saturated carbocycles. The van der Waals surface area contributed by atoms with Gasteiger partial charge in [-0.25, -0.2) is 0 Å². The van der Waals surface area contributed by atoms with E-state index >= 15 is 0 Å². The first-order valence-electron chi connectivity index (χ1n) is 5.23. The molecular formula is C13H17N. The Morgan fingerprint density at radius 1 is 1.43 bits per heavy atom. The maximum absolute atomic E-state index is 2.29. The van der Waals surface area contributed by atoms with Crippen LogP contribution in [0.25, 0.3) is 12.2 Å². The van der Waals surface area contributed by atoms with Crippen molar-refractivity contribution in [2.75, 3.05) is 0 Å². The van der Waals surface area contributed by atoms with Crippen LogP contribution in [0.1, 0.15) is 35.9 Å². The topological polar surface area (TPSA) is 4.93 Å². The standard InChI is InChI=1S/C13H17N/c1-4-7-12-10(2)11-8-5-6-9-13(11)14(12)3/h4,6-7,9H,5,8H2,1-3H3/b7-4-. The van der Waals surface area contributed by atoms with Crippen molar-refractivity contribution in [1.82, 2.24) is 4.57 Å². The van der Waals surface area contributed by atoms with Gasteiger partial charge in [-0.2, -0.15) is 0 Å². The van der Waals surface area contributed by atoms with E-state index in [-0.39, 0.29) is 0 Å². The zero-order valence-electron chi connectivity index (χ0n) is 9.17. The van der Waals surface area contributed by atoms with Crippen LogP contribution >= 0.6 is 0 Å². The van der Waals surface area contributed by atoms with Crippen molar-refractivity contribution in [3.05, 3.63) is 34.7 Å². The summed E-state index contributed by atoms with van der Waals surface area (Å²) in [6.45, 7) is 4.30. The highest BCUT2D eigenvalue weighted by molar-refractivity contribution is 5.64. The number of nitrogens with zero attached hydrogens (tertiary/aromatic N) is 1. The molecule has 1 aliphatic carbocycles. The van der Waals surface area contributed by atoms with Crippen molar-refractivity contribution < 1.29 is 0 Å². The molecule has 1 nitrogen and oxygen atoms in total. The number of hydrogen-bond donors (Lipinski definition) is 0. The van der Waals surface area contributed by atoms with Gasteiger partial charge in [0, 0.05) is 18.4 Å². The van der Waals surface area contributed by atoms with E-state index in [9.17, 15) is 0 Å². The Balaban J connectivity index is 2.64. The number of fused-ring (bicyclic) bond motifs is 1. The highest BCUT2D eigenvalue weighted by Crippen LogP contribution is 2.28. The third kappa shape index (κ3) is 1.24. The molecule has 0 atom stereocenters. The predicted molar refractivity (Wildman–Crippen MR) is 62.2 cm³/mol. The molecule has 0 aliphatic heterocycles. The van der Waals surface area contributed by atoms with Crippen LogP contribution in [0, 0.1) is 6.92 Å². The van der Waals surface area contributed by atoms with E-state index in [1.54, 1.807) is 0 Å². The van der Waals surface area contributed by atoms with Gasteiger partial charge < -0.3 is 4.57 Å². The smallest absolute Gasteiger partial charge is 0.0441 e. The fourth-order valence-corrected chi connectivity index (χ4v) is 2.28. The van der Waals surface area contributed by atoms with Gasteiger partial charge in [0.05, 0.1) is 0 Å². The van der Waals surface area contributed by atoms with Crippen molar-refractivity contribution in [2.45, 2.75) is 26.7 Å². The van der Waals surface area contributed by atoms with Crippen molar-refractivity contribution in [3.63, 3.8) is 0 Å². The molecule has 0 spiro atoms. The van der Waals surface area contributed by atoms with Gasteiger partial charge in [-0.05, 0) is 50.0 Å². The molecule has 0 N–H and O–H groups in total. The maximum atomic E-state index is 2.29. The summed E-state index contributed by atoms with van der Waals surface area (Å²) in [5, 5.41) is 0. The van der Waals surface area contributed by atoms with Crippen LogP contribution in [0.15, 0.2) is 12.2 Å². The lowest BCUT2D eigenvalue weighted by atomic mass is 10.0. The SMILES string of the molecule is C/C=C\c1c(C)c2c(n1C)C=CCC2. The Morgan fingerprint density at radius 3 is 2.86 bits per heavy atom. The van der Waals surface area contributed by atoms with Gasteiger partial charge in [0.25, 0.3) is 0 Å². The summed E-state index contributed by atoms with van der Waals surface area (Å²) in [6, 6.07) is 0. The number of hydrogen-bond acceptors (Lipinski definition) is 0. The van der Waals surface area contributed by atoms with Gasteiger partial charge in [-0.15, -0.1) is 0 Å². The Kier molecular flexibility index (Phi) is 2.32. The molecule has 0 fully saturated rings. The first-order valence-corrected chi connectivity index (χ1v) is 5.23. The van der Waals surface area contributed by atoms with Gasteiger partial charge in [0.2, 0.25) is 0 Å². The maximum Gasteiger partial charge on any atom is 0.0441 e. The predicted octanol–water partition coefficient (Wildman–Crippen LogP) is 3.33. The van der Waals surface area contributed by atoms with Crippen molar-refractivity contribution in [1.29, 1.82) is 0 Å². The average molecular weight is 187 g/mol. The third-order valence-corrected chi connectivity index (χ3v) is 3.03. The number of allylic oxidation sites excluding steroid dienone is 2. The molecule has 1 aliphatic rings. The fourth-order valence-electron chi connectivity index (χ4n) is 2.28.